The van der Waals surface area contributed by atoms with E-state index in [-0.39, 0.29) is 11.9 Å². The van der Waals surface area contributed by atoms with E-state index in [0.717, 1.165) is 19.4 Å². The van der Waals surface area contributed by atoms with E-state index in [1.807, 2.05) is 0 Å². The third-order valence-corrected chi connectivity index (χ3v) is 2.60. The molecule has 1 saturated heterocycles. The van der Waals surface area contributed by atoms with Crippen LogP contribution in [0.2, 0.25) is 0 Å². The van der Waals surface area contributed by atoms with Crippen molar-refractivity contribution >= 4 is 11.9 Å². The quantitative estimate of drug-likeness (QED) is 0.814. The largest absolute Gasteiger partial charge is 0.406 e. The van der Waals surface area contributed by atoms with Gasteiger partial charge >= 0.3 is 24.3 Å². The zero-order valence-corrected chi connectivity index (χ0v) is 9.50. The zero-order chi connectivity index (χ0) is 14.0. The van der Waals surface area contributed by atoms with Gasteiger partial charge in [0.25, 0.3) is 0 Å². The first-order chi connectivity index (χ1) is 8.91. The fraction of sp³-hybridized carbons (Fsp3) is 0.667. The van der Waals surface area contributed by atoms with E-state index in [1.165, 1.54) is 5.32 Å². The van der Waals surface area contributed by atoms with Gasteiger partial charge in [-0.3, -0.25) is 10.1 Å². The Hall–Kier alpha value is -1.71. The molecule has 2 N–H and O–H groups in total. The standard InChI is InChI=1S/C9H10F4N4O2/c10-6(11)9(12,13)7(18)15-8-17-16-5(19-8)4-2-1-3-14-4/h4,6,14H,1-3H2,(H,15,17,18). The molecule has 1 atom stereocenters. The van der Waals surface area contributed by atoms with Gasteiger partial charge < -0.3 is 9.73 Å². The minimum absolute atomic E-state index is 0.119. The Kier molecular flexibility index (Phi) is 3.69. The number of aromatic nitrogens is 2. The summed E-state index contributed by atoms with van der Waals surface area (Å²) >= 11 is 0. The van der Waals surface area contributed by atoms with Gasteiger partial charge in [0.05, 0.1) is 6.04 Å². The van der Waals surface area contributed by atoms with E-state index in [2.05, 4.69) is 15.5 Å². The molecule has 10 heteroatoms. The molecule has 1 fully saturated rings. The summed E-state index contributed by atoms with van der Waals surface area (Å²) in [6, 6.07) is -0.845. The molecule has 0 radical (unpaired) electrons. The summed E-state index contributed by atoms with van der Waals surface area (Å²) in [5.74, 6) is -6.87. The molecular formula is C9H10F4N4O2. The van der Waals surface area contributed by atoms with Crippen LogP contribution in [0, 0.1) is 0 Å². The van der Waals surface area contributed by atoms with Gasteiger partial charge in [0.2, 0.25) is 5.89 Å². The number of rotatable bonds is 4. The molecule has 1 aromatic heterocycles. The summed E-state index contributed by atoms with van der Waals surface area (Å²) in [5.41, 5.74) is 0. The number of halogens is 4. The minimum Gasteiger partial charge on any atom is -0.406 e. The van der Waals surface area contributed by atoms with Gasteiger partial charge in [-0.05, 0) is 19.4 Å². The summed E-state index contributed by atoms with van der Waals surface area (Å²) < 4.78 is 54.1. The Morgan fingerprint density at radius 2 is 2.21 bits per heavy atom. The van der Waals surface area contributed by atoms with Crippen LogP contribution < -0.4 is 10.6 Å². The lowest BCUT2D eigenvalue weighted by Gasteiger charge is -2.12. The van der Waals surface area contributed by atoms with E-state index < -0.39 is 24.3 Å². The van der Waals surface area contributed by atoms with Crippen molar-refractivity contribution in [2.75, 3.05) is 11.9 Å². The highest BCUT2D eigenvalue weighted by Gasteiger charge is 2.49. The van der Waals surface area contributed by atoms with Gasteiger partial charge in [0.15, 0.2) is 0 Å². The third kappa shape index (κ3) is 2.83. The maximum absolute atomic E-state index is 12.7. The Morgan fingerprint density at radius 3 is 2.79 bits per heavy atom. The van der Waals surface area contributed by atoms with Crippen molar-refractivity contribution in [2.45, 2.75) is 31.2 Å². The lowest BCUT2D eigenvalue weighted by molar-refractivity contribution is -0.163. The van der Waals surface area contributed by atoms with Gasteiger partial charge in [-0.15, -0.1) is 5.10 Å². The molecule has 106 valence electrons. The molecule has 19 heavy (non-hydrogen) atoms. The summed E-state index contributed by atoms with van der Waals surface area (Å²) in [6.07, 6.45) is -2.49. The van der Waals surface area contributed by atoms with Crippen LogP contribution in [0.25, 0.3) is 0 Å². The fourth-order valence-electron chi connectivity index (χ4n) is 1.60. The number of carbonyl (C=O) groups is 1. The normalized spacial score (nSPS) is 19.9. The molecule has 0 saturated carbocycles. The summed E-state index contributed by atoms with van der Waals surface area (Å²) in [4.78, 5) is 10.9. The van der Waals surface area contributed by atoms with Crippen molar-refractivity contribution in [3.05, 3.63) is 5.89 Å². The zero-order valence-electron chi connectivity index (χ0n) is 9.50. The second kappa shape index (κ2) is 5.11. The van der Waals surface area contributed by atoms with Crippen LogP contribution in [0.15, 0.2) is 4.42 Å². The highest BCUT2D eigenvalue weighted by Crippen LogP contribution is 2.26. The van der Waals surface area contributed by atoms with Crippen LogP contribution in [-0.2, 0) is 4.79 Å². The predicted molar refractivity (Wildman–Crippen MR) is 53.9 cm³/mol. The molecule has 1 amide bonds. The maximum atomic E-state index is 12.7. The van der Waals surface area contributed by atoms with Crippen LogP contribution >= 0.6 is 0 Å². The summed E-state index contributed by atoms with van der Waals surface area (Å²) in [7, 11) is 0. The highest BCUT2D eigenvalue weighted by atomic mass is 19.3. The molecule has 6 nitrogen and oxygen atoms in total. The first-order valence-corrected chi connectivity index (χ1v) is 5.45. The number of amides is 1. The highest BCUT2D eigenvalue weighted by molar-refractivity contribution is 5.94. The van der Waals surface area contributed by atoms with Crippen molar-refractivity contribution in [2.24, 2.45) is 0 Å². The predicted octanol–water partition coefficient (Wildman–Crippen LogP) is 1.33. The number of anilines is 1. The van der Waals surface area contributed by atoms with E-state index in [1.54, 1.807) is 0 Å². The molecule has 0 aromatic carbocycles. The number of nitrogens with zero attached hydrogens (tertiary/aromatic N) is 2. The van der Waals surface area contributed by atoms with Crippen molar-refractivity contribution < 1.29 is 26.8 Å². The average molecular weight is 282 g/mol. The van der Waals surface area contributed by atoms with Gasteiger partial charge in [0, 0.05) is 0 Å². The summed E-state index contributed by atoms with van der Waals surface area (Å²) in [6.45, 7) is 0.748. The second-order valence-electron chi connectivity index (χ2n) is 3.97. The first-order valence-electron chi connectivity index (χ1n) is 5.45. The molecule has 0 aliphatic carbocycles. The van der Waals surface area contributed by atoms with E-state index >= 15 is 0 Å². The molecule has 1 aliphatic heterocycles. The Morgan fingerprint density at radius 1 is 1.47 bits per heavy atom. The van der Waals surface area contributed by atoms with E-state index in [4.69, 9.17) is 4.42 Å². The SMILES string of the molecule is O=C(Nc1nnc(C2CCCN2)o1)C(F)(F)C(F)F. The van der Waals surface area contributed by atoms with Crippen LogP contribution in [0.5, 0.6) is 0 Å². The average Bonchev–Trinajstić information content (AvgIpc) is 2.97. The molecule has 1 unspecified atom stereocenters. The lowest BCUT2D eigenvalue weighted by Crippen LogP contribution is -2.41. The first kappa shape index (κ1) is 13.7. The van der Waals surface area contributed by atoms with Crippen molar-refractivity contribution in [1.29, 1.82) is 0 Å². The van der Waals surface area contributed by atoms with Crippen LogP contribution in [0.4, 0.5) is 23.6 Å². The van der Waals surface area contributed by atoms with Crippen molar-refractivity contribution in [1.82, 2.24) is 15.5 Å². The van der Waals surface area contributed by atoms with E-state index in [9.17, 15) is 22.4 Å². The van der Waals surface area contributed by atoms with Crippen LogP contribution in [-0.4, -0.2) is 35.0 Å². The molecule has 0 spiro atoms. The molecule has 0 bridgehead atoms. The maximum Gasteiger partial charge on any atom is 0.383 e. The smallest absolute Gasteiger partial charge is 0.383 e. The Balaban J connectivity index is 2.02. The van der Waals surface area contributed by atoms with Crippen LogP contribution in [0.1, 0.15) is 24.8 Å². The number of nitrogens with one attached hydrogen (secondary N) is 2. The molecule has 1 aliphatic rings. The van der Waals surface area contributed by atoms with Gasteiger partial charge in [0.1, 0.15) is 0 Å². The second-order valence-corrected chi connectivity index (χ2v) is 3.97. The van der Waals surface area contributed by atoms with Gasteiger partial charge in [-0.2, -0.15) is 8.78 Å². The Labute approximate surface area is 104 Å². The fourth-order valence-corrected chi connectivity index (χ4v) is 1.60. The Bertz CT molecular complexity index is 459. The molecule has 2 heterocycles. The number of alkyl halides is 4. The topological polar surface area (TPSA) is 80.0 Å². The number of carbonyl (C=O) groups excluding carboxylic acids is 1. The molecular weight excluding hydrogens is 272 g/mol. The van der Waals surface area contributed by atoms with Crippen molar-refractivity contribution in [3.8, 4) is 0 Å². The van der Waals surface area contributed by atoms with E-state index in [0.29, 0.717) is 0 Å². The third-order valence-electron chi connectivity index (χ3n) is 2.60. The van der Waals surface area contributed by atoms with Gasteiger partial charge in [-0.1, -0.05) is 5.10 Å². The summed E-state index contributed by atoms with van der Waals surface area (Å²) in [5, 5.41) is 11.3. The number of hydrogen-bond acceptors (Lipinski definition) is 5. The van der Waals surface area contributed by atoms with Crippen molar-refractivity contribution in [3.63, 3.8) is 0 Å². The monoisotopic (exact) mass is 282 g/mol. The minimum atomic E-state index is -4.81. The molecule has 2 rings (SSSR count). The lowest BCUT2D eigenvalue weighted by atomic mass is 10.2. The van der Waals surface area contributed by atoms with Crippen LogP contribution in [0.3, 0.4) is 0 Å². The molecule has 1 aromatic rings. The van der Waals surface area contributed by atoms with Gasteiger partial charge in [-0.25, -0.2) is 8.78 Å². The number of hydrogen-bond donors (Lipinski definition) is 2.